The molecule has 63 heavy (non-hydrogen) atoms. The fraction of sp³-hybridized carbons (Fsp3) is 0.0492. The molecule has 0 radical (unpaired) electrons. The van der Waals surface area contributed by atoms with Crippen molar-refractivity contribution in [2.24, 2.45) is 0 Å². The van der Waals surface area contributed by atoms with Gasteiger partial charge in [-0.3, -0.25) is 0 Å². The van der Waals surface area contributed by atoms with E-state index in [0.29, 0.717) is 5.82 Å². The summed E-state index contributed by atoms with van der Waals surface area (Å²) in [6.07, 6.45) is 0. The molecule has 0 unspecified atom stereocenters. The third-order valence-electron chi connectivity index (χ3n) is 13.3. The highest BCUT2D eigenvalue weighted by atomic mass is 14.9. The molecule has 0 amide bonds. The van der Waals surface area contributed by atoms with Crippen molar-refractivity contribution < 1.29 is 0 Å². The van der Waals surface area contributed by atoms with Gasteiger partial charge in [0.1, 0.15) is 0 Å². The van der Waals surface area contributed by atoms with Crippen LogP contribution in [0.3, 0.4) is 0 Å². The summed E-state index contributed by atoms with van der Waals surface area (Å²) in [5.41, 5.74) is 17.1. The summed E-state index contributed by atoms with van der Waals surface area (Å²) in [6, 6.07) is 79.1. The van der Waals surface area contributed by atoms with Gasteiger partial charge in [-0.2, -0.15) is 0 Å². The number of benzene rings is 10. The summed E-state index contributed by atoms with van der Waals surface area (Å²) in [7, 11) is 0. The molecular formula is C61H42N2. The average molecular weight is 803 g/mol. The smallest absolute Gasteiger partial charge is 0.160 e. The Bertz CT molecular complexity index is 3580. The lowest BCUT2D eigenvalue weighted by atomic mass is 9.82. The molecule has 11 aromatic rings. The number of hydrogen-bond donors (Lipinski definition) is 0. The van der Waals surface area contributed by atoms with Gasteiger partial charge in [-0.15, -0.1) is 0 Å². The van der Waals surface area contributed by atoms with Crippen LogP contribution in [0.25, 0.3) is 111 Å². The second-order valence-electron chi connectivity index (χ2n) is 17.3. The van der Waals surface area contributed by atoms with Gasteiger partial charge in [-0.1, -0.05) is 214 Å². The summed E-state index contributed by atoms with van der Waals surface area (Å²) in [4.78, 5) is 10.8. The van der Waals surface area contributed by atoms with Crippen molar-refractivity contribution in [3.05, 3.63) is 230 Å². The Balaban J connectivity index is 1.03. The highest BCUT2D eigenvalue weighted by molar-refractivity contribution is 6.20. The molecule has 0 fully saturated rings. The van der Waals surface area contributed by atoms with Gasteiger partial charge >= 0.3 is 0 Å². The van der Waals surface area contributed by atoms with Crippen LogP contribution in [0.2, 0.25) is 0 Å². The van der Waals surface area contributed by atoms with Crippen LogP contribution in [0.15, 0.2) is 218 Å². The van der Waals surface area contributed by atoms with Crippen molar-refractivity contribution in [3.8, 4) is 78.4 Å². The Morgan fingerprint density at radius 3 is 1.57 bits per heavy atom. The molecule has 0 N–H and O–H groups in total. The van der Waals surface area contributed by atoms with Crippen LogP contribution < -0.4 is 0 Å². The maximum absolute atomic E-state index is 5.44. The Morgan fingerprint density at radius 1 is 0.302 bits per heavy atom. The molecule has 12 rings (SSSR count). The van der Waals surface area contributed by atoms with E-state index in [-0.39, 0.29) is 5.41 Å². The third-order valence-corrected chi connectivity index (χ3v) is 13.3. The van der Waals surface area contributed by atoms with E-state index in [1.807, 2.05) is 0 Å². The van der Waals surface area contributed by atoms with Crippen molar-refractivity contribution >= 4 is 32.3 Å². The Hall–Kier alpha value is -7.94. The molecule has 0 bridgehead atoms. The van der Waals surface area contributed by atoms with Crippen molar-refractivity contribution in [1.29, 1.82) is 0 Å². The normalized spacial score (nSPS) is 12.7. The summed E-state index contributed by atoms with van der Waals surface area (Å²) < 4.78 is 0. The van der Waals surface area contributed by atoms with Crippen molar-refractivity contribution in [2.45, 2.75) is 19.3 Å². The molecule has 1 aliphatic carbocycles. The largest absolute Gasteiger partial charge is 0.228 e. The summed E-state index contributed by atoms with van der Waals surface area (Å²) in [5, 5.41) is 7.48. The number of hydrogen-bond acceptors (Lipinski definition) is 2. The summed E-state index contributed by atoms with van der Waals surface area (Å²) in [6.45, 7) is 4.67. The minimum atomic E-state index is -0.0583. The monoisotopic (exact) mass is 802 g/mol. The molecule has 0 spiro atoms. The van der Waals surface area contributed by atoms with Gasteiger partial charge in [0, 0.05) is 22.1 Å². The fourth-order valence-corrected chi connectivity index (χ4v) is 10.2. The highest BCUT2D eigenvalue weighted by Gasteiger charge is 2.35. The second-order valence-corrected chi connectivity index (χ2v) is 17.3. The molecule has 1 heterocycles. The number of rotatable bonds is 6. The molecule has 0 saturated carbocycles. The van der Waals surface area contributed by atoms with Crippen LogP contribution in [0, 0.1) is 0 Å². The van der Waals surface area contributed by atoms with Crippen LogP contribution in [0.4, 0.5) is 0 Å². The van der Waals surface area contributed by atoms with Gasteiger partial charge in [0.15, 0.2) is 5.82 Å². The predicted molar refractivity (Wildman–Crippen MR) is 265 cm³/mol. The molecule has 0 saturated heterocycles. The van der Waals surface area contributed by atoms with E-state index in [1.54, 1.807) is 0 Å². The van der Waals surface area contributed by atoms with E-state index < -0.39 is 0 Å². The first-order valence-electron chi connectivity index (χ1n) is 21.8. The molecule has 1 aliphatic rings. The minimum Gasteiger partial charge on any atom is -0.228 e. The van der Waals surface area contributed by atoms with Crippen LogP contribution in [-0.2, 0) is 5.41 Å². The predicted octanol–water partition coefficient (Wildman–Crippen LogP) is 16.2. The van der Waals surface area contributed by atoms with Gasteiger partial charge in [-0.25, -0.2) is 9.97 Å². The first-order chi connectivity index (χ1) is 31.0. The highest BCUT2D eigenvalue weighted by Crippen LogP contribution is 2.50. The summed E-state index contributed by atoms with van der Waals surface area (Å²) >= 11 is 0. The number of nitrogens with zero attached hydrogens (tertiary/aromatic N) is 2. The molecule has 296 valence electrons. The fourth-order valence-electron chi connectivity index (χ4n) is 10.2. The third kappa shape index (κ3) is 6.09. The lowest BCUT2D eigenvalue weighted by molar-refractivity contribution is 0.660. The van der Waals surface area contributed by atoms with E-state index in [4.69, 9.17) is 9.97 Å². The maximum atomic E-state index is 5.44. The number of fused-ring (bicyclic) bond motifs is 7. The topological polar surface area (TPSA) is 25.8 Å². The lowest BCUT2D eigenvalue weighted by Crippen LogP contribution is -2.14. The molecule has 2 nitrogen and oxygen atoms in total. The van der Waals surface area contributed by atoms with E-state index in [9.17, 15) is 0 Å². The standard InChI is InChI=1S/C61H42N2/c1-61(2)55-27-15-14-24-49(55)54-37-44(33-35-56(54)61)47-22-11-13-26-51(47)58-38-57(50-25-12-10-20-45(50)39-16-4-3-5-17-39)62-60(63-58)42-30-28-41(29-31-42)59-48-23-9-7-19-43(48)36-53-46-21-8-6-18-40(46)32-34-52(53)59/h3-38H,1-2H3. The Kier molecular flexibility index (Phi) is 8.55. The van der Waals surface area contributed by atoms with Gasteiger partial charge in [0.2, 0.25) is 0 Å². The molecule has 10 aromatic carbocycles. The lowest BCUT2D eigenvalue weighted by Gasteiger charge is -2.21. The van der Waals surface area contributed by atoms with E-state index in [2.05, 4.69) is 232 Å². The second kappa shape index (κ2) is 14.6. The van der Waals surface area contributed by atoms with Crippen LogP contribution in [0.5, 0.6) is 0 Å². The first kappa shape index (κ1) is 36.9. The zero-order valence-electron chi connectivity index (χ0n) is 35.2. The molecule has 2 heteroatoms. The van der Waals surface area contributed by atoms with Crippen molar-refractivity contribution in [3.63, 3.8) is 0 Å². The van der Waals surface area contributed by atoms with Gasteiger partial charge in [0.25, 0.3) is 0 Å². The van der Waals surface area contributed by atoms with E-state index in [1.165, 1.54) is 65.7 Å². The van der Waals surface area contributed by atoms with Gasteiger partial charge in [0.05, 0.1) is 11.4 Å². The average Bonchev–Trinajstić information content (AvgIpc) is 3.58. The Morgan fingerprint density at radius 2 is 0.841 bits per heavy atom. The SMILES string of the molecule is CC1(C)c2ccccc2-c2cc(-c3ccccc3-c3cc(-c4ccccc4-c4ccccc4)nc(-c4ccc(-c5c6ccccc6cc6c5ccc5ccccc56)cc4)n3)ccc21. The van der Waals surface area contributed by atoms with E-state index in [0.717, 1.165) is 50.3 Å². The van der Waals surface area contributed by atoms with Crippen LogP contribution >= 0.6 is 0 Å². The molecule has 0 atom stereocenters. The zero-order chi connectivity index (χ0) is 42.1. The van der Waals surface area contributed by atoms with Crippen LogP contribution in [-0.4, -0.2) is 9.97 Å². The first-order valence-corrected chi connectivity index (χ1v) is 21.8. The Labute approximate surface area is 367 Å². The summed E-state index contributed by atoms with van der Waals surface area (Å²) in [5.74, 6) is 0.685. The van der Waals surface area contributed by atoms with E-state index >= 15 is 0 Å². The molecule has 1 aromatic heterocycles. The van der Waals surface area contributed by atoms with Crippen molar-refractivity contribution in [1.82, 2.24) is 9.97 Å². The zero-order valence-corrected chi connectivity index (χ0v) is 35.2. The van der Waals surface area contributed by atoms with Crippen LogP contribution in [0.1, 0.15) is 25.0 Å². The van der Waals surface area contributed by atoms with Gasteiger partial charge < -0.3 is 0 Å². The molecule has 0 aliphatic heterocycles. The number of aromatic nitrogens is 2. The van der Waals surface area contributed by atoms with Crippen molar-refractivity contribution in [2.75, 3.05) is 0 Å². The molecular weight excluding hydrogens is 761 g/mol. The maximum Gasteiger partial charge on any atom is 0.160 e. The quantitative estimate of drug-likeness (QED) is 0.124. The van der Waals surface area contributed by atoms with Gasteiger partial charge in [-0.05, 0) is 106 Å². The minimum absolute atomic E-state index is 0.0583.